The molecule has 5 heteroatoms. The maximum absolute atomic E-state index is 9.76. The lowest BCUT2D eigenvalue weighted by atomic mass is 9.76. The summed E-state index contributed by atoms with van der Waals surface area (Å²) in [6.07, 6.45) is 0.855. The molecule has 0 bridgehead atoms. The smallest absolute Gasteiger partial charge is 0.408 e. The average molecular weight is 410 g/mol. The summed E-state index contributed by atoms with van der Waals surface area (Å²) in [6, 6.07) is 24.9. The molecule has 0 fully saturated rings. The number of nitriles is 1. The van der Waals surface area contributed by atoms with Crippen molar-refractivity contribution in [2.24, 2.45) is 0 Å². The minimum atomic E-state index is -0.542. The summed E-state index contributed by atoms with van der Waals surface area (Å²) in [7, 11) is -0.542. The fraction of sp³-hybridized carbons (Fsp3) is 0.269. The third kappa shape index (κ3) is 4.10. The van der Waals surface area contributed by atoms with E-state index in [0.717, 1.165) is 28.6 Å². The van der Waals surface area contributed by atoms with Crippen LogP contribution in [0.4, 0.5) is 0 Å². The molecule has 0 aliphatic rings. The van der Waals surface area contributed by atoms with Crippen LogP contribution in [0.25, 0.3) is 27.5 Å². The summed E-state index contributed by atoms with van der Waals surface area (Å²) in [4.78, 5) is 0. The van der Waals surface area contributed by atoms with Crippen LogP contribution in [-0.4, -0.2) is 23.9 Å². The Morgan fingerprint density at radius 2 is 1.55 bits per heavy atom. The van der Waals surface area contributed by atoms with Gasteiger partial charge in [-0.05, 0) is 63.0 Å². The molecule has 0 atom stereocenters. The number of fused-ring (bicyclic) bond motifs is 3. The van der Waals surface area contributed by atoms with Crippen LogP contribution in [-0.2, 0) is 9.31 Å². The molecule has 4 rings (SSSR count). The normalized spacial score (nSPS) is 11.7. The first-order valence-corrected chi connectivity index (χ1v) is 10.8. The van der Waals surface area contributed by atoms with Gasteiger partial charge in [0.1, 0.15) is 0 Å². The molecule has 1 heterocycles. The Morgan fingerprint density at radius 3 is 2.10 bits per heavy atom. The van der Waals surface area contributed by atoms with E-state index in [4.69, 9.17) is 9.31 Å². The molecule has 0 spiro atoms. The van der Waals surface area contributed by atoms with Gasteiger partial charge < -0.3 is 13.9 Å². The number of rotatable bonds is 7. The van der Waals surface area contributed by atoms with E-state index in [1.807, 2.05) is 31.2 Å². The van der Waals surface area contributed by atoms with Crippen molar-refractivity contribution in [1.29, 1.82) is 5.26 Å². The van der Waals surface area contributed by atoms with E-state index in [-0.39, 0.29) is 5.60 Å². The van der Waals surface area contributed by atoms with E-state index in [1.54, 1.807) is 0 Å². The Balaban J connectivity index is 1.94. The molecule has 0 radical (unpaired) electrons. The van der Waals surface area contributed by atoms with Crippen LogP contribution >= 0.6 is 0 Å². The highest BCUT2D eigenvalue weighted by Crippen LogP contribution is 2.31. The Hall–Kier alpha value is -3.07. The van der Waals surface area contributed by atoms with E-state index < -0.39 is 7.12 Å². The fourth-order valence-corrected chi connectivity index (χ4v) is 3.89. The van der Waals surface area contributed by atoms with Crippen LogP contribution < -0.4 is 5.46 Å². The summed E-state index contributed by atoms with van der Waals surface area (Å²) in [5, 5.41) is 12.1. The number of nitrogens with zero attached hydrogens (tertiary/aromatic N) is 2. The van der Waals surface area contributed by atoms with E-state index in [1.165, 1.54) is 10.8 Å². The zero-order valence-corrected chi connectivity index (χ0v) is 18.6. The third-order valence-corrected chi connectivity index (χ3v) is 5.78. The highest BCUT2D eigenvalue weighted by atomic mass is 16.6. The molecule has 3 aromatic carbocycles. The van der Waals surface area contributed by atoms with Gasteiger partial charge in [0.25, 0.3) is 0 Å². The van der Waals surface area contributed by atoms with Crippen LogP contribution in [0.5, 0.6) is 0 Å². The minimum absolute atomic E-state index is 0.338. The van der Waals surface area contributed by atoms with Gasteiger partial charge in [-0.15, -0.1) is 0 Å². The lowest BCUT2D eigenvalue weighted by Gasteiger charge is -2.28. The number of hydrogen-bond donors (Lipinski definition) is 0. The molecule has 0 aliphatic carbocycles. The van der Waals surface area contributed by atoms with Crippen molar-refractivity contribution in [3.63, 3.8) is 0 Å². The summed E-state index contributed by atoms with van der Waals surface area (Å²) >= 11 is 0. The zero-order chi connectivity index (χ0) is 22.0. The summed E-state index contributed by atoms with van der Waals surface area (Å²) < 4.78 is 14.5. The second-order valence-electron chi connectivity index (χ2n) is 8.31. The molecule has 0 saturated carbocycles. The molecule has 156 valence electrons. The van der Waals surface area contributed by atoms with Gasteiger partial charge in [0.15, 0.2) is 0 Å². The van der Waals surface area contributed by atoms with Crippen molar-refractivity contribution in [3.8, 4) is 11.8 Å². The Bertz CT molecular complexity index is 1220. The van der Waals surface area contributed by atoms with Crippen molar-refractivity contribution < 1.29 is 9.31 Å². The topological polar surface area (TPSA) is 47.2 Å². The van der Waals surface area contributed by atoms with Gasteiger partial charge in [-0.1, -0.05) is 43.3 Å². The molecule has 31 heavy (non-hydrogen) atoms. The van der Waals surface area contributed by atoms with E-state index in [2.05, 4.69) is 73.9 Å². The van der Waals surface area contributed by atoms with Gasteiger partial charge in [0.05, 0.1) is 22.7 Å². The number of hydrogen-bond acceptors (Lipinski definition) is 3. The van der Waals surface area contributed by atoms with Gasteiger partial charge in [0.2, 0.25) is 0 Å². The lowest BCUT2D eigenvalue weighted by Crippen LogP contribution is -2.44. The highest BCUT2D eigenvalue weighted by molar-refractivity contribution is 6.61. The summed E-state index contributed by atoms with van der Waals surface area (Å²) in [6.45, 7) is 8.68. The molecule has 0 saturated heterocycles. The number of benzene rings is 3. The van der Waals surface area contributed by atoms with Crippen molar-refractivity contribution in [1.82, 2.24) is 4.57 Å². The highest BCUT2D eigenvalue weighted by Gasteiger charge is 2.30. The van der Waals surface area contributed by atoms with Crippen molar-refractivity contribution >= 4 is 34.4 Å². The number of para-hydroxylation sites is 2. The summed E-state index contributed by atoms with van der Waals surface area (Å²) in [5.74, 6) is 0. The fourth-order valence-electron chi connectivity index (χ4n) is 3.89. The largest absolute Gasteiger partial charge is 0.494 e. The molecule has 0 unspecified atom stereocenters. The molecule has 4 aromatic rings. The zero-order valence-electron chi connectivity index (χ0n) is 18.6. The van der Waals surface area contributed by atoms with E-state index in [9.17, 15) is 5.26 Å². The molecule has 0 N–H and O–H groups in total. The van der Waals surface area contributed by atoms with Crippen LogP contribution in [0, 0.1) is 11.3 Å². The quantitative estimate of drug-likeness (QED) is 0.373. The van der Waals surface area contributed by atoms with Crippen molar-refractivity contribution in [2.75, 3.05) is 6.61 Å². The first-order valence-electron chi connectivity index (χ1n) is 10.8. The Labute approximate surface area is 184 Å². The van der Waals surface area contributed by atoms with Gasteiger partial charge in [0, 0.05) is 28.7 Å². The molecule has 0 aliphatic heterocycles. The number of aromatic nitrogens is 1. The maximum Gasteiger partial charge on any atom is 0.494 e. The lowest BCUT2D eigenvalue weighted by molar-refractivity contribution is 0.0706. The van der Waals surface area contributed by atoms with Gasteiger partial charge >= 0.3 is 7.12 Å². The Kier molecular flexibility index (Phi) is 5.87. The molecular formula is C26H27BN2O2. The van der Waals surface area contributed by atoms with Crippen LogP contribution in [0.2, 0.25) is 0 Å². The van der Waals surface area contributed by atoms with Crippen LogP contribution in [0.15, 0.2) is 66.7 Å². The van der Waals surface area contributed by atoms with E-state index >= 15 is 0 Å². The monoisotopic (exact) mass is 410 g/mol. The first kappa shape index (κ1) is 21.2. The molecule has 1 aromatic heterocycles. The predicted molar refractivity (Wildman–Crippen MR) is 128 cm³/mol. The van der Waals surface area contributed by atoms with E-state index in [0.29, 0.717) is 12.2 Å². The standard InChI is InChI=1S/C26H27BN2O2/c1-5-26(3,4)31-27(30-6-2)20-15-19(18-28)16-21(17-20)29-24-13-9-7-11-22(24)23-12-8-10-14-25(23)29/h7-17H,5-6H2,1-4H3. The van der Waals surface area contributed by atoms with Crippen LogP contribution in [0.3, 0.4) is 0 Å². The minimum Gasteiger partial charge on any atom is -0.408 e. The summed E-state index contributed by atoms with van der Waals surface area (Å²) in [5.41, 5.74) is 4.22. The first-order chi connectivity index (χ1) is 15.0. The predicted octanol–water partition coefficient (Wildman–Crippen LogP) is 5.59. The maximum atomic E-state index is 9.76. The van der Waals surface area contributed by atoms with Gasteiger partial charge in [-0.25, -0.2) is 0 Å². The van der Waals surface area contributed by atoms with Gasteiger partial charge in [-0.2, -0.15) is 5.26 Å². The second-order valence-corrected chi connectivity index (χ2v) is 8.31. The second kappa shape index (κ2) is 8.59. The SMILES string of the molecule is CCOB(OC(C)(C)CC)c1cc(C#N)cc(-n2c3ccccc3c3ccccc32)c1. The third-order valence-electron chi connectivity index (χ3n) is 5.78. The Morgan fingerprint density at radius 1 is 0.935 bits per heavy atom. The molecule has 4 nitrogen and oxygen atoms in total. The van der Waals surface area contributed by atoms with Gasteiger partial charge in [-0.3, -0.25) is 0 Å². The average Bonchev–Trinajstić information content (AvgIpc) is 3.13. The molecule has 0 amide bonds. The van der Waals surface area contributed by atoms with Crippen LogP contribution in [0.1, 0.15) is 39.7 Å². The molecular weight excluding hydrogens is 383 g/mol. The van der Waals surface area contributed by atoms with Crippen molar-refractivity contribution in [3.05, 3.63) is 72.3 Å². The van der Waals surface area contributed by atoms with Crippen molar-refractivity contribution in [2.45, 2.75) is 39.7 Å².